The smallest absolute Gasteiger partial charge is 0.266 e. The molecule has 5 heteroatoms. The van der Waals surface area contributed by atoms with Crippen LogP contribution in [0.1, 0.15) is 6.92 Å². The molecule has 0 aliphatic heterocycles. The quantitative estimate of drug-likeness (QED) is 0.543. The van der Waals surface area contributed by atoms with Gasteiger partial charge in [-0.3, -0.25) is 9.36 Å². The number of rotatable bonds is 4. The highest BCUT2D eigenvalue weighted by molar-refractivity contribution is 7.99. The second-order valence-electron chi connectivity index (χ2n) is 5.40. The Morgan fingerprint density at radius 3 is 2.43 bits per heavy atom. The third-order valence-electron chi connectivity index (χ3n) is 3.64. The van der Waals surface area contributed by atoms with Gasteiger partial charge in [-0.1, -0.05) is 30.8 Å². The van der Waals surface area contributed by atoms with Crippen molar-refractivity contribution in [2.75, 3.05) is 24.7 Å². The highest BCUT2D eigenvalue weighted by atomic mass is 32.2. The molecule has 23 heavy (non-hydrogen) atoms. The summed E-state index contributed by atoms with van der Waals surface area (Å²) in [5.74, 6) is 0.862. The van der Waals surface area contributed by atoms with Crippen molar-refractivity contribution in [1.29, 1.82) is 0 Å². The third kappa shape index (κ3) is 2.97. The number of anilines is 1. The number of benzene rings is 2. The zero-order chi connectivity index (χ0) is 16.4. The number of hydrogen-bond acceptors (Lipinski definition) is 4. The van der Waals surface area contributed by atoms with Gasteiger partial charge in [0.05, 0.1) is 16.6 Å². The first-order chi connectivity index (χ1) is 11.1. The molecule has 0 unspecified atom stereocenters. The fourth-order valence-corrected chi connectivity index (χ4v) is 3.20. The molecule has 1 heterocycles. The molecule has 3 rings (SSSR count). The Morgan fingerprint density at radius 2 is 1.78 bits per heavy atom. The van der Waals surface area contributed by atoms with Crippen LogP contribution in [0.15, 0.2) is 58.5 Å². The van der Waals surface area contributed by atoms with E-state index in [2.05, 4.69) is 11.9 Å². The predicted molar refractivity (Wildman–Crippen MR) is 98.1 cm³/mol. The lowest BCUT2D eigenvalue weighted by atomic mass is 10.2. The Bertz CT molecular complexity index is 885. The summed E-state index contributed by atoms with van der Waals surface area (Å²) in [7, 11) is 3.99. The predicted octanol–water partition coefficient (Wildman–Crippen LogP) is 3.56. The van der Waals surface area contributed by atoms with Crippen LogP contribution >= 0.6 is 11.8 Å². The topological polar surface area (TPSA) is 38.1 Å². The van der Waals surface area contributed by atoms with Crippen molar-refractivity contribution in [2.45, 2.75) is 12.1 Å². The SMILES string of the molecule is CCSc1nc2ccccc2c(=O)n1-c1ccc(N(C)C)cc1. The van der Waals surface area contributed by atoms with Crippen molar-refractivity contribution >= 4 is 28.4 Å². The molecule has 0 radical (unpaired) electrons. The van der Waals surface area contributed by atoms with E-state index in [1.165, 1.54) is 0 Å². The van der Waals surface area contributed by atoms with Crippen LogP contribution in [0.2, 0.25) is 0 Å². The van der Waals surface area contributed by atoms with Crippen molar-refractivity contribution in [3.05, 3.63) is 58.9 Å². The van der Waals surface area contributed by atoms with E-state index in [1.807, 2.05) is 67.5 Å². The first-order valence-corrected chi connectivity index (χ1v) is 8.52. The number of hydrogen-bond donors (Lipinski definition) is 0. The molecule has 0 bridgehead atoms. The van der Waals surface area contributed by atoms with Crippen LogP contribution in [0.25, 0.3) is 16.6 Å². The third-order valence-corrected chi connectivity index (χ3v) is 4.46. The zero-order valence-electron chi connectivity index (χ0n) is 13.5. The minimum Gasteiger partial charge on any atom is -0.378 e. The first kappa shape index (κ1) is 15.6. The Balaban J connectivity index is 2.24. The van der Waals surface area contributed by atoms with Crippen molar-refractivity contribution in [3.8, 4) is 5.69 Å². The minimum atomic E-state index is -0.0239. The summed E-state index contributed by atoms with van der Waals surface area (Å²) in [5.41, 5.74) is 2.66. The molecule has 0 saturated heterocycles. The normalized spacial score (nSPS) is 10.9. The monoisotopic (exact) mass is 325 g/mol. The number of fused-ring (bicyclic) bond motifs is 1. The fraction of sp³-hybridized carbons (Fsp3) is 0.222. The number of aromatic nitrogens is 2. The molecule has 4 nitrogen and oxygen atoms in total. The molecule has 0 fully saturated rings. The molecular weight excluding hydrogens is 306 g/mol. The van der Waals surface area contributed by atoms with Gasteiger partial charge >= 0.3 is 0 Å². The van der Waals surface area contributed by atoms with Crippen LogP contribution in [-0.2, 0) is 0 Å². The van der Waals surface area contributed by atoms with E-state index in [1.54, 1.807) is 16.3 Å². The zero-order valence-corrected chi connectivity index (χ0v) is 14.3. The van der Waals surface area contributed by atoms with Crippen molar-refractivity contribution in [3.63, 3.8) is 0 Å². The van der Waals surface area contributed by atoms with Crippen LogP contribution in [0.3, 0.4) is 0 Å². The number of para-hydroxylation sites is 1. The Labute approximate surface area is 139 Å². The molecule has 0 saturated carbocycles. The highest BCUT2D eigenvalue weighted by Gasteiger charge is 2.12. The lowest BCUT2D eigenvalue weighted by molar-refractivity contribution is 0.820. The molecule has 0 amide bonds. The van der Waals surface area contributed by atoms with E-state index in [0.29, 0.717) is 5.39 Å². The Kier molecular flexibility index (Phi) is 4.39. The van der Waals surface area contributed by atoms with Crippen molar-refractivity contribution in [2.24, 2.45) is 0 Å². The summed E-state index contributed by atoms with van der Waals surface area (Å²) in [6.07, 6.45) is 0. The van der Waals surface area contributed by atoms with E-state index < -0.39 is 0 Å². The van der Waals surface area contributed by atoms with Crippen LogP contribution in [0.4, 0.5) is 5.69 Å². The summed E-state index contributed by atoms with van der Waals surface area (Å²) < 4.78 is 1.70. The van der Waals surface area contributed by atoms with Crippen molar-refractivity contribution < 1.29 is 0 Å². The second kappa shape index (κ2) is 6.46. The van der Waals surface area contributed by atoms with Crippen LogP contribution in [-0.4, -0.2) is 29.4 Å². The largest absolute Gasteiger partial charge is 0.378 e. The fourth-order valence-electron chi connectivity index (χ4n) is 2.47. The summed E-state index contributed by atoms with van der Waals surface area (Å²) >= 11 is 1.58. The average molecular weight is 325 g/mol. The van der Waals surface area contributed by atoms with Gasteiger partial charge < -0.3 is 4.90 Å². The molecule has 0 N–H and O–H groups in total. The van der Waals surface area contributed by atoms with Gasteiger partial charge in [0, 0.05) is 19.8 Å². The molecular formula is C18H19N3OS. The van der Waals surface area contributed by atoms with Gasteiger partial charge in [0.15, 0.2) is 5.16 Å². The van der Waals surface area contributed by atoms with E-state index in [4.69, 9.17) is 0 Å². The molecule has 0 aliphatic rings. The lowest BCUT2D eigenvalue weighted by Gasteiger charge is -2.15. The van der Waals surface area contributed by atoms with E-state index >= 15 is 0 Å². The molecule has 0 atom stereocenters. The van der Waals surface area contributed by atoms with Crippen LogP contribution in [0.5, 0.6) is 0 Å². The second-order valence-corrected chi connectivity index (χ2v) is 6.63. The van der Waals surface area contributed by atoms with Gasteiger partial charge in [0.25, 0.3) is 5.56 Å². The summed E-state index contributed by atoms with van der Waals surface area (Å²) in [6.45, 7) is 2.06. The summed E-state index contributed by atoms with van der Waals surface area (Å²) in [4.78, 5) is 19.7. The van der Waals surface area contributed by atoms with Gasteiger partial charge in [-0.05, 0) is 42.2 Å². The van der Waals surface area contributed by atoms with Gasteiger partial charge in [0.1, 0.15) is 0 Å². The summed E-state index contributed by atoms with van der Waals surface area (Å²) in [5, 5.41) is 1.37. The molecule has 0 spiro atoms. The van der Waals surface area contributed by atoms with Gasteiger partial charge in [-0.15, -0.1) is 0 Å². The van der Waals surface area contributed by atoms with Crippen LogP contribution < -0.4 is 10.5 Å². The number of thioether (sulfide) groups is 1. The molecule has 0 aliphatic carbocycles. The van der Waals surface area contributed by atoms with Crippen molar-refractivity contribution in [1.82, 2.24) is 9.55 Å². The average Bonchev–Trinajstić information content (AvgIpc) is 2.56. The van der Waals surface area contributed by atoms with Gasteiger partial charge in [-0.25, -0.2) is 4.98 Å². The maximum Gasteiger partial charge on any atom is 0.266 e. The lowest BCUT2D eigenvalue weighted by Crippen LogP contribution is -2.21. The summed E-state index contributed by atoms with van der Waals surface area (Å²) in [6, 6.07) is 15.4. The van der Waals surface area contributed by atoms with Gasteiger partial charge in [-0.2, -0.15) is 0 Å². The molecule has 118 valence electrons. The Hall–Kier alpha value is -2.27. The minimum absolute atomic E-state index is 0.0239. The Morgan fingerprint density at radius 1 is 1.09 bits per heavy atom. The standard InChI is InChI=1S/C18H19N3OS/c1-4-23-18-19-16-8-6-5-7-15(16)17(22)21(18)14-11-9-13(10-12-14)20(2)3/h5-12H,4H2,1-3H3. The maximum atomic E-state index is 12.9. The maximum absolute atomic E-state index is 12.9. The van der Waals surface area contributed by atoms with E-state index in [0.717, 1.165) is 27.8 Å². The molecule has 3 aromatic rings. The molecule has 1 aromatic heterocycles. The highest BCUT2D eigenvalue weighted by Crippen LogP contribution is 2.22. The van der Waals surface area contributed by atoms with E-state index in [9.17, 15) is 4.79 Å². The molecule has 2 aromatic carbocycles. The first-order valence-electron chi connectivity index (χ1n) is 7.54. The van der Waals surface area contributed by atoms with Crippen LogP contribution in [0, 0.1) is 0 Å². The van der Waals surface area contributed by atoms with E-state index in [-0.39, 0.29) is 5.56 Å². The van der Waals surface area contributed by atoms with Gasteiger partial charge in [0.2, 0.25) is 0 Å². The number of nitrogens with zero attached hydrogens (tertiary/aromatic N) is 3.